The Hall–Kier alpha value is -1.30. The number of morpholine rings is 1. The van der Waals surface area contributed by atoms with Gasteiger partial charge in [-0.15, -0.1) is 0 Å². The Morgan fingerprint density at radius 2 is 2.25 bits per heavy atom. The van der Waals surface area contributed by atoms with E-state index < -0.39 is 12.1 Å². The third-order valence-corrected chi connectivity index (χ3v) is 2.28. The molecule has 1 heterocycles. The summed E-state index contributed by atoms with van der Waals surface area (Å²) >= 11 is 0. The van der Waals surface area contributed by atoms with Crippen LogP contribution in [-0.2, 0) is 14.3 Å². The van der Waals surface area contributed by atoms with Crippen molar-refractivity contribution in [3.05, 3.63) is 0 Å². The monoisotopic (exact) mass is 230 g/mol. The second kappa shape index (κ2) is 6.32. The van der Waals surface area contributed by atoms with Gasteiger partial charge in [0.1, 0.15) is 6.04 Å². The van der Waals surface area contributed by atoms with Gasteiger partial charge in [0.05, 0.1) is 19.8 Å². The highest BCUT2D eigenvalue weighted by Gasteiger charge is 2.33. The van der Waals surface area contributed by atoms with Crippen LogP contribution in [0.4, 0.5) is 4.79 Å². The van der Waals surface area contributed by atoms with E-state index in [1.165, 1.54) is 4.90 Å². The molecule has 0 saturated carbocycles. The molecule has 16 heavy (non-hydrogen) atoms. The van der Waals surface area contributed by atoms with E-state index in [0.717, 1.165) is 0 Å². The number of carbonyl (C=O) groups is 2. The van der Waals surface area contributed by atoms with Crippen molar-refractivity contribution in [1.82, 2.24) is 10.2 Å². The molecule has 0 aliphatic carbocycles. The van der Waals surface area contributed by atoms with Crippen molar-refractivity contribution in [2.45, 2.75) is 19.9 Å². The van der Waals surface area contributed by atoms with Crippen LogP contribution in [0.3, 0.4) is 0 Å². The first-order valence-corrected chi connectivity index (χ1v) is 5.49. The topological polar surface area (TPSA) is 67.9 Å². The van der Waals surface area contributed by atoms with Gasteiger partial charge in [-0.05, 0) is 13.8 Å². The molecular formula is C10H18N2O4. The van der Waals surface area contributed by atoms with Gasteiger partial charge in [-0.25, -0.2) is 4.79 Å². The molecule has 0 spiro atoms. The minimum absolute atomic E-state index is 0.199. The van der Waals surface area contributed by atoms with Crippen LogP contribution in [0.1, 0.15) is 13.8 Å². The molecule has 6 nitrogen and oxygen atoms in total. The minimum atomic E-state index is -0.576. The molecule has 1 aliphatic heterocycles. The fourth-order valence-electron chi connectivity index (χ4n) is 1.54. The number of ether oxygens (including phenoxy) is 2. The van der Waals surface area contributed by atoms with Crippen molar-refractivity contribution in [2.75, 3.05) is 32.9 Å². The number of rotatable bonds is 3. The average molecular weight is 230 g/mol. The van der Waals surface area contributed by atoms with Crippen LogP contribution in [0.5, 0.6) is 0 Å². The maximum Gasteiger partial charge on any atom is 0.410 e. The highest BCUT2D eigenvalue weighted by atomic mass is 16.6. The molecule has 1 N–H and O–H groups in total. The number of amides is 2. The van der Waals surface area contributed by atoms with E-state index in [9.17, 15) is 9.59 Å². The van der Waals surface area contributed by atoms with Gasteiger partial charge in [-0.2, -0.15) is 0 Å². The molecule has 1 aliphatic rings. The van der Waals surface area contributed by atoms with Gasteiger partial charge in [-0.3, -0.25) is 9.69 Å². The average Bonchev–Trinajstić information content (AvgIpc) is 2.30. The second-order valence-electron chi connectivity index (χ2n) is 3.38. The SMILES string of the molecule is CCNC(=O)C1COCCN1C(=O)OCC. The van der Waals surface area contributed by atoms with Gasteiger partial charge in [-0.1, -0.05) is 0 Å². The molecule has 0 aromatic rings. The van der Waals surface area contributed by atoms with Crippen LogP contribution in [0.25, 0.3) is 0 Å². The zero-order chi connectivity index (χ0) is 12.0. The van der Waals surface area contributed by atoms with Crippen LogP contribution in [-0.4, -0.2) is 55.9 Å². The predicted molar refractivity (Wildman–Crippen MR) is 57.0 cm³/mol. The lowest BCUT2D eigenvalue weighted by Gasteiger charge is -2.33. The van der Waals surface area contributed by atoms with Crippen molar-refractivity contribution in [3.8, 4) is 0 Å². The van der Waals surface area contributed by atoms with Gasteiger partial charge in [0.15, 0.2) is 0 Å². The summed E-state index contributed by atoms with van der Waals surface area (Å²) in [5.41, 5.74) is 0. The molecule has 92 valence electrons. The maximum absolute atomic E-state index is 11.7. The first kappa shape index (κ1) is 12.8. The Bertz CT molecular complexity index is 231. The minimum Gasteiger partial charge on any atom is -0.450 e. The van der Waals surface area contributed by atoms with Gasteiger partial charge in [0, 0.05) is 13.1 Å². The van der Waals surface area contributed by atoms with Crippen molar-refractivity contribution in [2.24, 2.45) is 0 Å². The van der Waals surface area contributed by atoms with Crippen LogP contribution >= 0.6 is 0 Å². The Labute approximate surface area is 94.9 Å². The molecule has 1 atom stereocenters. The highest BCUT2D eigenvalue weighted by Crippen LogP contribution is 2.09. The summed E-state index contributed by atoms with van der Waals surface area (Å²) in [6, 6.07) is -0.576. The quantitative estimate of drug-likeness (QED) is 0.740. The Morgan fingerprint density at radius 1 is 1.50 bits per heavy atom. The largest absolute Gasteiger partial charge is 0.450 e. The van der Waals surface area contributed by atoms with Crippen LogP contribution in [0.2, 0.25) is 0 Å². The Morgan fingerprint density at radius 3 is 2.88 bits per heavy atom. The lowest BCUT2D eigenvalue weighted by Crippen LogP contribution is -2.56. The number of hydrogen-bond acceptors (Lipinski definition) is 4. The summed E-state index contributed by atoms with van der Waals surface area (Å²) in [6.45, 7) is 5.46. The zero-order valence-corrected chi connectivity index (χ0v) is 9.69. The molecule has 1 fully saturated rings. The van der Waals surface area contributed by atoms with E-state index in [1.807, 2.05) is 6.92 Å². The molecule has 6 heteroatoms. The smallest absolute Gasteiger partial charge is 0.410 e. The van der Waals surface area contributed by atoms with Crippen LogP contribution in [0, 0.1) is 0 Å². The molecule has 0 bridgehead atoms. The van der Waals surface area contributed by atoms with E-state index in [2.05, 4.69) is 5.32 Å². The molecule has 0 aromatic carbocycles. The van der Waals surface area contributed by atoms with E-state index in [1.54, 1.807) is 6.92 Å². The summed E-state index contributed by atoms with van der Waals surface area (Å²) in [5.74, 6) is -0.199. The number of carbonyl (C=O) groups excluding carboxylic acids is 2. The van der Waals surface area contributed by atoms with E-state index >= 15 is 0 Å². The van der Waals surface area contributed by atoms with Crippen molar-refractivity contribution < 1.29 is 19.1 Å². The van der Waals surface area contributed by atoms with E-state index in [4.69, 9.17) is 9.47 Å². The highest BCUT2D eigenvalue weighted by molar-refractivity contribution is 5.85. The van der Waals surface area contributed by atoms with Crippen LogP contribution < -0.4 is 5.32 Å². The maximum atomic E-state index is 11.7. The summed E-state index contributed by atoms with van der Waals surface area (Å²) in [5, 5.41) is 2.67. The van der Waals surface area contributed by atoms with Crippen molar-refractivity contribution >= 4 is 12.0 Å². The van der Waals surface area contributed by atoms with E-state index in [-0.39, 0.29) is 12.5 Å². The summed E-state index contributed by atoms with van der Waals surface area (Å²) < 4.78 is 10.1. The standard InChI is InChI=1S/C10H18N2O4/c1-3-11-9(13)8-7-15-6-5-12(8)10(14)16-4-2/h8H,3-7H2,1-2H3,(H,11,13). The lowest BCUT2D eigenvalue weighted by atomic mass is 10.2. The van der Waals surface area contributed by atoms with Gasteiger partial charge < -0.3 is 14.8 Å². The molecule has 1 saturated heterocycles. The summed E-state index contributed by atoms with van der Waals surface area (Å²) in [7, 11) is 0. The summed E-state index contributed by atoms with van der Waals surface area (Å²) in [6.07, 6.45) is -0.456. The molecule has 1 rings (SSSR count). The number of nitrogens with one attached hydrogen (secondary N) is 1. The third kappa shape index (κ3) is 3.10. The first-order valence-electron chi connectivity index (χ1n) is 5.49. The van der Waals surface area contributed by atoms with Gasteiger partial charge in [0.2, 0.25) is 5.91 Å². The van der Waals surface area contributed by atoms with Gasteiger partial charge in [0.25, 0.3) is 0 Å². The molecule has 2 amide bonds. The number of nitrogens with zero attached hydrogens (tertiary/aromatic N) is 1. The van der Waals surface area contributed by atoms with Crippen molar-refractivity contribution in [1.29, 1.82) is 0 Å². The van der Waals surface area contributed by atoms with Gasteiger partial charge >= 0.3 is 6.09 Å². The first-order chi connectivity index (χ1) is 7.70. The second-order valence-corrected chi connectivity index (χ2v) is 3.38. The molecule has 1 unspecified atom stereocenters. The van der Waals surface area contributed by atoms with E-state index in [0.29, 0.717) is 26.3 Å². The molecule has 0 aromatic heterocycles. The predicted octanol–water partition coefficient (Wildman–Crippen LogP) is -0.0202. The van der Waals surface area contributed by atoms with Crippen LogP contribution in [0.15, 0.2) is 0 Å². The lowest BCUT2D eigenvalue weighted by molar-refractivity contribution is -0.131. The normalized spacial score (nSPS) is 20.4. The van der Waals surface area contributed by atoms with Crippen molar-refractivity contribution in [3.63, 3.8) is 0 Å². The zero-order valence-electron chi connectivity index (χ0n) is 9.69. The molecule has 0 radical (unpaired) electrons. The fourth-order valence-corrected chi connectivity index (χ4v) is 1.54. The Kier molecular flexibility index (Phi) is 5.04. The Balaban J connectivity index is 2.63. The summed E-state index contributed by atoms with van der Waals surface area (Å²) in [4.78, 5) is 24.7. The fraction of sp³-hybridized carbons (Fsp3) is 0.800. The number of hydrogen-bond donors (Lipinski definition) is 1. The third-order valence-electron chi connectivity index (χ3n) is 2.28. The molecular weight excluding hydrogens is 212 g/mol. The number of likely N-dealkylation sites (N-methyl/N-ethyl adjacent to an activating group) is 1.